The fourth-order valence-corrected chi connectivity index (χ4v) is 2.43. The van der Waals surface area contributed by atoms with E-state index in [1.165, 1.54) is 11.4 Å². The lowest BCUT2D eigenvalue weighted by Crippen LogP contribution is -2.31. The van der Waals surface area contributed by atoms with Crippen molar-refractivity contribution >= 4 is 6.21 Å². The number of aryl methyl sites for hydroxylation is 1. The van der Waals surface area contributed by atoms with Crippen LogP contribution in [0.1, 0.15) is 36.6 Å². The molecule has 80 valence electrons. The van der Waals surface area contributed by atoms with Crippen molar-refractivity contribution in [3.63, 3.8) is 0 Å². The highest BCUT2D eigenvalue weighted by Crippen LogP contribution is 2.29. The predicted octanol–water partition coefficient (Wildman–Crippen LogP) is 1.21. The molecular formula is C11H16N4. The van der Waals surface area contributed by atoms with Crippen molar-refractivity contribution in [1.82, 2.24) is 14.6 Å². The summed E-state index contributed by atoms with van der Waals surface area (Å²) in [6.07, 6.45) is 5.12. The Balaban J connectivity index is 2.15. The highest BCUT2D eigenvalue weighted by molar-refractivity contribution is 5.58. The predicted molar refractivity (Wildman–Crippen MR) is 59.2 cm³/mol. The van der Waals surface area contributed by atoms with Crippen molar-refractivity contribution in [2.45, 2.75) is 32.2 Å². The maximum Gasteiger partial charge on any atom is 0.130 e. The van der Waals surface area contributed by atoms with Gasteiger partial charge in [-0.15, -0.1) is 0 Å². The molecule has 0 unspecified atom stereocenters. The van der Waals surface area contributed by atoms with Crippen molar-refractivity contribution in [2.24, 2.45) is 5.10 Å². The van der Waals surface area contributed by atoms with Gasteiger partial charge < -0.3 is 0 Å². The lowest BCUT2D eigenvalue weighted by atomic mass is 10.1. The van der Waals surface area contributed by atoms with E-state index in [1.54, 1.807) is 0 Å². The smallest absolute Gasteiger partial charge is 0.130 e. The molecule has 0 bridgehead atoms. The van der Waals surface area contributed by atoms with Crippen LogP contribution in [0.25, 0.3) is 0 Å². The van der Waals surface area contributed by atoms with E-state index in [0.29, 0.717) is 6.04 Å². The minimum absolute atomic E-state index is 0.435. The van der Waals surface area contributed by atoms with Crippen LogP contribution in [0.4, 0.5) is 0 Å². The molecule has 0 fully saturated rings. The molecule has 1 aromatic rings. The number of aromatic nitrogens is 2. The number of imidazole rings is 1. The van der Waals surface area contributed by atoms with Crippen molar-refractivity contribution in [3.05, 3.63) is 17.2 Å². The molecule has 3 heterocycles. The maximum absolute atomic E-state index is 4.70. The van der Waals surface area contributed by atoms with Crippen LogP contribution in [0.5, 0.6) is 0 Å². The molecule has 0 saturated heterocycles. The Morgan fingerprint density at radius 1 is 1.40 bits per heavy atom. The van der Waals surface area contributed by atoms with Gasteiger partial charge in [0, 0.05) is 25.6 Å². The van der Waals surface area contributed by atoms with Gasteiger partial charge in [-0.05, 0) is 20.4 Å². The second-order valence-electron chi connectivity index (χ2n) is 4.42. The molecule has 0 aliphatic carbocycles. The Morgan fingerprint density at radius 2 is 2.27 bits per heavy atom. The van der Waals surface area contributed by atoms with E-state index in [4.69, 9.17) is 4.98 Å². The Bertz CT molecular complexity index is 418. The standard InChI is InChI=1S/C11H16N4/c1-8-11-9(5-7-14(8)2)13-10-4-3-6-12-15(10)11/h6,8H,3-5,7H2,1-2H3/t8-/m0/s1. The number of fused-ring (bicyclic) bond motifs is 3. The number of hydrogen-bond acceptors (Lipinski definition) is 3. The molecule has 3 rings (SSSR count). The Labute approximate surface area is 89.6 Å². The van der Waals surface area contributed by atoms with Gasteiger partial charge in [0.25, 0.3) is 0 Å². The first-order valence-electron chi connectivity index (χ1n) is 5.61. The summed E-state index contributed by atoms with van der Waals surface area (Å²) in [4.78, 5) is 7.06. The third-order valence-electron chi connectivity index (χ3n) is 3.48. The monoisotopic (exact) mass is 204 g/mol. The lowest BCUT2D eigenvalue weighted by Gasteiger charge is -2.29. The molecule has 2 aliphatic heterocycles. The Hall–Kier alpha value is -1.16. The van der Waals surface area contributed by atoms with Crippen LogP contribution in [0.15, 0.2) is 5.10 Å². The summed E-state index contributed by atoms with van der Waals surface area (Å²) in [5.41, 5.74) is 2.56. The first-order valence-corrected chi connectivity index (χ1v) is 5.61. The van der Waals surface area contributed by atoms with Crippen molar-refractivity contribution in [1.29, 1.82) is 0 Å². The van der Waals surface area contributed by atoms with Crippen molar-refractivity contribution < 1.29 is 0 Å². The zero-order valence-electron chi connectivity index (χ0n) is 9.27. The number of rotatable bonds is 0. The quantitative estimate of drug-likeness (QED) is 0.636. The van der Waals surface area contributed by atoms with E-state index >= 15 is 0 Å². The van der Waals surface area contributed by atoms with Gasteiger partial charge in [-0.25, -0.2) is 9.66 Å². The average Bonchev–Trinajstić information content (AvgIpc) is 2.62. The molecule has 2 aliphatic rings. The fourth-order valence-electron chi connectivity index (χ4n) is 2.43. The molecule has 0 radical (unpaired) electrons. The van der Waals surface area contributed by atoms with Gasteiger partial charge in [0.2, 0.25) is 0 Å². The van der Waals surface area contributed by atoms with E-state index in [0.717, 1.165) is 31.6 Å². The average molecular weight is 204 g/mol. The minimum atomic E-state index is 0.435. The number of likely N-dealkylation sites (N-methyl/N-ethyl adjacent to an activating group) is 1. The van der Waals surface area contributed by atoms with Crippen LogP contribution in [-0.2, 0) is 12.8 Å². The first-order chi connectivity index (χ1) is 7.27. The summed E-state index contributed by atoms with van der Waals surface area (Å²) in [6.45, 7) is 3.34. The number of nitrogens with zero attached hydrogens (tertiary/aromatic N) is 4. The van der Waals surface area contributed by atoms with Crippen LogP contribution >= 0.6 is 0 Å². The van der Waals surface area contributed by atoms with Gasteiger partial charge in [-0.1, -0.05) is 0 Å². The van der Waals surface area contributed by atoms with Crippen molar-refractivity contribution in [2.75, 3.05) is 13.6 Å². The second kappa shape index (κ2) is 3.17. The van der Waals surface area contributed by atoms with E-state index in [-0.39, 0.29) is 0 Å². The van der Waals surface area contributed by atoms with E-state index in [1.807, 2.05) is 6.21 Å². The lowest BCUT2D eigenvalue weighted by molar-refractivity contribution is 0.237. The highest BCUT2D eigenvalue weighted by atomic mass is 15.4. The second-order valence-corrected chi connectivity index (χ2v) is 4.42. The molecule has 1 atom stereocenters. The highest BCUT2D eigenvalue weighted by Gasteiger charge is 2.28. The van der Waals surface area contributed by atoms with Crippen LogP contribution in [0.2, 0.25) is 0 Å². The van der Waals surface area contributed by atoms with Gasteiger partial charge in [-0.2, -0.15) is 5.10 Å². The SMILES string of the molecule is C[C@H]1c2c(nc3n2N=CCC3)CCN1C. The molecule has 4 nitrogen and oxygen atoms in total. The van der Waals surface area contributed by atoms with Gasteiger partial charge in [0.05, 0.1) is 17.4 Å². The zero-order valence-corrected chi connectivity index (χ0v) is 9.27. The maximum atomic E-state index is 4.70. The molecule has 0 aromatic carbocycles. The van der Waals surface area contributed by atoms with E-state index in [2.05, 4.69) is 28.6 Å². The van der Waals surface area contributed by atoms with Crippen LogP contribution < -0.4 is 0 Å². The van der Waals surface area contributed by atoms with Crippen LogP contribution in [0, 0.1) is 0 Å². The number of hydrogen-bond donors (Lipinski definition) is 0. The fraction of sp³-hybridized carbons (Fsp3) is 0.636. The summed E-state index contributed by atoms with van der Waals surface area (Å²) in [5, 5.41) is 4.45. The van der Waals surface area contributed by atoms with Crippen LogP contribution in [0.3, 0.4) is 0 Å². The molecule has 1 aromatic heterocycles. The largest absolute Gasteiger partial charge is 0.298 e. The summed E-state index contributed by atoms with van der Waals surface area (Å²) < 4.78 is 2.05. The van der Waals surface area contributed by atoms with Gasteiger partial charge in [0.15, 0.2) is 0 Å². The summed E-state index contributed by atoms with van der Waals surface area (Å²) in [7, 11) is 2.17. The van der Waals surface area contributed by atoms with Gasteiger partial charge >= 0.3 is 0 Å². The zero-order chi connectivity index (χ0) is 10.4. The molecule has 15 heavy (non-hydrogen) atoms. The van der Waals surface area contributed by atoms with E-state index < -0.39 is 0 Å². The van der Waals surface area contributed by atoms with Crippen molar-refractivity contribution in [3.8, 4) is 0 Å². The molecule has 0 saturated carbocycles. The Morgan fingerprint density at radius 3 is 3.13 bits per heavy atom. The first kappa shape index (κ1) is 9.09. The summed E-state index contributed by atoms with van der Waals surface area (Å²) in [6, 6.07) is 0.435. The van der Waals surface area contributed by atoms with Crippen LogP contribution in [-0.4, -0.2) is 34.4 Å². The normalized spacial score (nSPS) is 25.1. The molecule has 4 heteroatoms. The molecular weight excluding hydrogens is 188 g/mol. The molecule has 0 spiro atoms. The minimum Gasteiger partial charge on any atom is -0.298 e. The molecule has 0 N–H and O–H groups in total. The third kappa shape index (κ3) is 1.24. The molecule has 0 amide bonds. The summed E-state index contributed by atoms with van der Waals surface area (Å²) >= 11 is 0. The topological polar surface area (TPSA) is 33.4 Å². The van der Waals surface area contributed by atoms with E-state index in [9.17, 15) is 0 Å². The third-order valence-corrected chi connectivity index (χ3v) is 3.48. The van der Waals surface area contributed by atoms with Gasteiger partial charge in [-0.3, -0.25) is 4.90 Å². The Kier molecular flexibility index (Phi) is 1.92. The van der Waals surface area contributed by atoms with Gasteiger partial charge in [0.1, 0.15) is 5.82 Å². The summed E-state index contributed by atoms with van der Waals surface area (Å²) in [5.74, 6) is 1.14.